The van der Waals surface area contributed by atoms with Crippen LogP contribution in [0, 0.1) is 6.92 Å². The van der Waals surface area contributed by atoms with Gasteiger partial charge >= 0.3 is 6.36 Å². The lowest BCUT2D eigenvalue weighted by Crippen LogP contribution is -2.19. The molecule has 0 aliphatic rings. The molecule has 0 unspecified atom stereocenters. The summed E-state index contributed by atoms with van der Waals surface area (Å²) < 4.78 is 39.7. The van der Waals surface area contributed by atoms with Crippen molar-refractivity contribution in [2.45, 2.75) is 19.8 Å². The molecule has 0 atom stereocenters. The fourth-order valence-electron chi connectivity index (χ4n) is 1.11. The second-order valence-corrected chi connectivity index (χ2v) is 2.86. The minimum Gasteiger partial charge on any atom is -0.404 e. The highest BCUT2D eigenvalue weighted by molar-refractivity contribution is 5.49. The zero-order chi connectivity index (χ0) is 11.6. The van der Waals surface area contributed by atoms with Gasteiger partial charge in [0.25, 0.3) is 0 Å². The second-order valence-electron chi connectivity index (χ2n) is 2.86. The molecule has 0 aliphatic heterocycles. The first-order valence-electron chi connectivity index (χ1n) is 4.05. The highest BCUT2D eigenvalue weighted by atomic mass is 19.4. The van der Waals surface area contributed by atoms with Gasteiger partial charge in [0.2, 0.25) is 0 Å². The molecule has 15 heavy (non-hydrogen) atoms. The van der Waals surface area contributed by atoms with Gasteiger partial charge in [-0.05, 0) is 12.5 Å². The number of anilines is 1. The molecule has 0 bridgehead atoms. The molecule has 1 rings (SSSR count). The molecule has 84 valence electrons. The SMILES string of the molecule is Cc1c(N)ncc(OC(F)(F)F)c1CN. The maximum Gasteiger partial charge on any atom is 0.573 e. The van der Waals surface area contributed by atoms with Gasteiger partial charge in [-0.2, -0.15) is 0 Å². The summed E-state index contributed by atoms with van der Waals surface area (Å²) in [6.07, 6.45) is -3.84. The molecule has 0 aromatic carbocycles. The summed E-state index contributed by atoms with van der Waals surface area (Å²) in [5.74, 6) is -0.262. The summed E-state index contributed by atoms with van der Waals surface area (Å²) in [6, 6.07) is 0. The van der Waals surface area contributed by atoms with Gasteiger partial charge in [0.15, 0.2) is 5.75 Å². The van der Waals surface area contributed by atoms with E-state index in [0.717, 1.165) is 6.20 Å². The summed E-state index contributed by atoms with van der Waals surface area (Å²) in [4.78, 5) is 3.57. The van der Waals surface area contributed by atoms with E-state index >= 15 is 0 Å². The van der Waals surface area contributed by atoms with Gasteiger partial charge in [0.1, 0.15) is 5.82 Å². The van der Waals surface area contributed by atoms with Gasteiger partial charge in [0.05, 0.1) is 6.20 Å². The van der Waals surface area contributed by atoms with Crippen LogP contribution in [0.15, 0.2) is 6.20 Å². The Balaban J connectivity index is 3.14. The quantitative estimate of drug-likeness (QED) is 0.790. The van der Waals surface area contributed by atoms with Crippen molar-refractivity contribution in [2.24, 2.45) is 5.73 Å². The van der Waals surface area contributed by atoms with E-state index < -0.39 is 12.1 Å². The number of halogens is 3. The molecule has 0 radical (unpaired) electrons. The van der Waals surface area contributed by atoms with Crippen LogP contribution in [-0.2, 0) is 6.54 Å². The van der Waals surface area contributed by atoms with E-state index in [2.05, 4.69) is 9.72 Å². The molecule has 0 amide bonds. The van der Waals surface area contributed by atoms with E-state index in [4.69, 9.17) is 11.5 Å². The Morgan fingerprint density at radius 3 is 2.53 bits per heavy atom. The zero-order valence-electron chi connectivity index (χ0n) is 7.93. The van der Waals surface area contributed by atoms with Crippen LogP contribution in [-0.4, -0.2) is 11.3 Å². The molecule has 1 aromatic rings. The highest BCUT2D eigenvalue weighted by Gasteiger charge is 2.32. The second kappa shape index (κ2) is 3.93. The van der Waals surface area contributed by atoms with Crippen LogP contribution in [0.3, 0.4) is 0 Å². The Kier molecular flexibility index (Phi) is 3.04. The van der Waals surface area contributed by atoms with Crippen LogP contribution in [0.25, 0.3) is 0 Å². The number of hydrogen-bond donors (Lipinski definition) is 2. The Bertz CT molecular complexity index is 365. The van der Waals surface area contributed by atoms with Crippen molar-refractivity contribution >= 4 is 5.82 Å². The summed E-state index contributed by atoms with van der Waals surface area (Å²) in [7, 11) is 0. The third-order valence-corrected chi connectivity index (χ3v) is 1.89. The molecule has 0 aliphatic carbocycles. The normalized spacial score (nSPS) is 11.5. The summed E-state index contributed by atoms with van der Waals surface area (Å²) in [5.41, 5.74) is 11.3. The first-order valence-corrected chi connectivity index (χ1v) is 4.05. The number of pyridine rings is 1. The predicted molar refractivity (Wildman–Crippen MR) is 48.0 cm³/mol. The zero-order valence-corrected chi connectivity index (χ0v) is 7.93. The lowest BCUT2D eigenvalue weighted by Gasteiger charge is -2.14. The number of nitrogens with two attached hydrogens (primary N) is 2. The molecule has 1 heterocycles. The monoisotopic (exact) mass is 221 g/mol. The maximum absolute atomic E-state index is 12.0. The van der Waals surface area contributed by atoms with Crippen LogP contribution < -0.4 is 16.2 Å². The number of aromatic nitrogens is 1. The van der Waals surface area contributed by atoms with Crippen LogP contribution >= 0.6 is 0 Å². The van der Waals surface area contributed by atoms with E-state index in [1.165, 1.54) is 6.92 Å². The van der Waals surface area contributed by atoms with Gasteiger partial charge in [0, 0.05) is 12.1 Å². The Morgan fingerprint density at radius 1 is 1.47 bits per heavy atom. The summed E-state index contributed by atoms with van der Waals surface area (Å²) >= 11 is 0. The molecule has 7 heteroatoms. The molecule has 0 fully saturated rings. The molecular formula is C8H10F3N3O. The van der Waals surface area contributed by atoms with Gasteiger partial charge in [-0.25, -0.2) is 4.98 Å². The van der Waals surface area contributed by atoms with Crippen molar-refractivity contribution in [2.75, 3.05) is 5.73 Å². The van der Waals surface area contributed by atoms with E-state index in [1.54, 1.807) is 0 Å². The van der Waals surface area contributed by atoms with Crippen molar-refractivity contribution in [3.8, 4) is 5.75 Å². The Morgan fingerprint density at radius 2 is 2.07 bits per heavy atom. The van der Waals surface area contributed by atoms with Gasteiger partial charge < -0.3 is 16.2 Å². The third-order valence-electron chi connectivity index (χ3n) is 1.89. The van der Waals surface area contributed by atoms with Crippen molar-refractivity contribution < 1.29 is 17.9 Å². The smallest absolute Gasteiger partial charge is 0.404 e. The molecule has 0 spiro atoms. The topological polar surface area (TPSA) is 74.2 Å². The largest absolute Gasteiger partial charge is 0.573 e. The minimum absolute atomic E-state index is 0.0933. The summed E-state index contributed by atoms with van der Waals surface area (Å²) in [6.45, 7) is 1.44. The van der Waals surface area contributed by atoms with E-state index in [9.17, 15) is 13.2 Å². The number of alkyl halides is 3. The molecule has 0 saturated carbocycles. The molecule has 0 saturated heterocycles. The number of rotatable bonds is 2. The fraction of sp³-hybridized carbons (Fsp3) is 0.375. The van der Waals surface area contributed by atoms with Gasteiger partial charge in [-0.1, -0.05) is 0 Å². The molecule has 4 nitrogen and oxygen atoms in total. The third kappa shape index (κ3) is 2.72. The van der Waals surface area contributed by atoms with Crippen molar-refractivity contribution in [1.82, 2.24) is 4.98 Å². The number of hydrogen-bond acceptors (Lipinski definition) is 4. The predicted octanol–water partition coefficient (Wildman–Crippen LogP) is 1.33. The van der Waals surface area contributed by atoms with E-state index in [1.807, 2.05) is 0 Å². The van der Waals surface area contributed by atoms with E-state index in [0.29, 0.717) is 5.56 Å². The van der Waals surface area contributed by atoms with Gasteiger partial charge in [-0.15, -0.1) is 13.2 Å². The van der Waals surface area contributed by atoms with Crippen LogP contribution in [0.2, 0.25) is 0 Å². The number of nitrogens with zero attached hydrogens (tertiary/aromatic N) is 1. The highest BCUT2D eigenvalue weighted by Crippen LogP contribution is 2.29. The first-order chi connectivity index (χ1) is 6.85. The van der Waals surface area contributed by atoms with Crippen LogP contribution in [0.4, 0.5) is 19.0 Å². The Hall–Kier alpha value is -1.50. The van der Waals surface area contributed by atoms with Crippen LogP contribution in [0.1, 0.15) is 11.1 Å². The lowest BCUT2D eigenvalue weighted by molar-refractivity contribution is -0.275. The van der Waals surface area contributed by atoms with Crippen molar-refractivity contribution in [1.29, 1.82) is 0 Å². The maximum atomic E-state index is 12.0. The molecule has 1 aromatic heterocycles. The van der Waals surface area contributed by atoms with Crippen molar-refractivity contribution in [3.05, 3.63) is 17.3 Å². The number of ether oxygens (including phenoxy) is 1. The Labute approximate surface area is 84.0 Å². The summed E-state index contributed by atoms with van der Waals surface area (Å²) in [5, 5.41) is 0. The fourth-order valence-corrected chi connectivity index (χ4v) is 1.11. The molecular weight excluding hydrogens is 211 g/mol. The molecule has 4 N–H and O–H groups in total. The van der Waals surface area contributed by atoms with Crippen molar-refractivity contribution in [3.63, 3.8) is 0 Å². The average molecular weight is 221 g/mol. The number of nitrogen functional groups attached to an aromatic ring is 1. The van der Waals surface area contributed by atoms with E-state index in [-0.39, 0.29) is 17.9 Å². The van der Waals surface area contributed by atoms with Gasteiger partial charge in [-0.3, -0.25) is 0 Å². The standard InChI is InChI=1S/C8H10F3N3O/c1-4-5(2-12)6(3-14-7(4)13)15-8(9,10)11/h3H,2,12H2,1H3,(H2,13,14). The first kappa shape index (κ1) is 11.6. The lowest BCUT2D eigenvalue weighted by atomic mass is 10.1. The minimum atomic E-state index is -4.76. The van der Waals surface area contributed by atoms with Crippen LogP contribution in [0.5, 0.6) is 5.75 Å². The average Bonchev–Trinajstić information content (AvgIpc) is 2.10.